The highest BCUT2D eigenvalue weighted by molar-refractivity contribution is 5.87. The molecule has 0 unspecified atom stereocenters. The lowest BCUT2D eigenvalue weighted by atomic mass is 9.91. The summed E-state index contributed by atoms with van der Waals surface area (Å²) in [7, 11) is 0. The molecule has 5 heteroatoms. The Hall–Kier alpha value is -3.25. The van der Waals surface area contributed by atoms with E-state index < -0.39 is 24.3 Å². The summed E-state index contributed by atoms with van der Waals surface area (Å²) in [5, 5.41) is 9.72. The molecular weight excluding hydrogens is 416 g/mol. The Bertz CT molecular complexity index is 1030. The van der Waals surface area contributed by atoms with Crippen LogP contribution in [-0.4, -0.2) is 29.4 Å². The van der Waals surface area contributed by atoms with Crippen molar-refractivity contribution < 1.29 is 24.1 Å². The zero-order valence-electron chi connectivity index (χ0n) is 18.4. The predicted molar refractivity (Wildman–Crippen MR) is 125 cm³/mol. The van der Waals surface area contributed by atoms with Crippen molar-refractivity contribution in [2.24, 2.45) is 0 Å². The normalized spacial score (nSPS) is 20.2. The molecule has 1 N–H and O–H groups in total. The van der Waals surface area contributed by atoms with E-state index in [0.717, 1.165) is 16.7 Å². The summed E-state index contributed by atoms with van der Waals surface area (Å²) >= 11 is 0. The molecule has 0 aromatic heterocycles. The summed E-state index contributed by atoms with van der Waals surface area (Å²) in [4.78, 5) is 11.9. The summed E-state index contributed by atoms with van der Waals surface area (Å²) in [5.41, 5.74) is 3.35. The van der Waals surface area contributed by atoms with Crippen molar-refractivity contribution in [3.63, 3.8) is 0 Å². The van der Waals surface area contributed by atoms with Crippen molar-refractivity contribution in [3.8, 4) is 0 Å². The molecule has 0 saturated carbocycles. The molecule has 33 heavy (non-hydrogen) atoms. The fourth-order valence-corrected chi connectivity index (χ4v) is 3.87. The molecule has 1 aliphatic carbocycles. The lowest BCUT2D eigenvalue weighted by Gasteiger charge is -2.36. The maximum atomic E-state index is 11.9. The first-order valence-electron chi connectivity index (χ1n) is 11.1. The molecule has 4 rings (SSSR count). The van der Waals surface area contributed by atoms with E-state index in [1.807, 2.05) is 91.0 Å². The molecule has 1 aliphatic rings. The zero-order valence-corrected chi connectivity index (χ0v) is 18.4. The maximum Gasteiger partial charge on any atom is 0.331 e. The van der Waals surface area contributed by atoms with Gasteiger partial charge < -0.3 is 19.3 Å². The van der Waals surface area contributed by atoms with Gasteiger partial charge in [0, 0.05) is 12.0 Å². The van der Waals surface area contributed by atoms with Crippen molar-refractivity contribution in [1.29, 1.82) is 0 Å². The third-order valence-electron chi connectivity index (χ3n) is 5.63. The van der Waals surface area contributed by atoms with Crippen molar-refractivity contribution in [2.75, 3.05) is 0 Å². The van der Waals surface area contributed by atoms with Crippen LogP contribution < -0.4 is 0 Å². The van der Waals surface area contributed by atoms with Gasteiger partial charge in [-0.2, -0.15) is 0 Å². The quantitative estimate of drug-likeness (QED) is 0.468. The van der Waals surface area contributed by atoms with Crippen LogP contribution >= 0.6 is 0 Å². The van der Waals surface area contributed by atoms with Crippen LogP contribution in [0.25, 0.3) is 0 Å². The summed E-state index contributed by atoms with van der Waals surface area (Å²) in [6.45, 7) is 1.11. The molecule has 0 aliphatic heterocycles. The van der Waals surface area contributed by atoms with Gasteiger partial charge in [0.2, 0.25) is 0 Å². The van der Waals surface area contributed by atoms with Crippen LogP contribution in [0.1, 0.15) is 23.1 Å². The predicted octanol–water partition coefficient (Wildman–Crippen LogP) is 5.16. The number of carbonyl (C=O) groups is 1. The third-order valence-corrected chi connectivity index (χ3v) is 5.63. The van der Waals surface area contributed by atoms with Crippen molar-refractivity contribution in [2.45, 2.75) is 44.6 Å². The van der Waals surface area contributed by atoms with Crippen LogP contribution in [0.5, 0.6) is 0 Å². The molecule has 0 heterocycles. The van der Waals surface area contributed by atoms with E-state index in [0.29, 0.717) is 19.8 Å². The van der Waals surface area contributed by atoms with Gasteiger partial charge in [0.25, 0.3) is 0 Å². The Morgan fingerprint density at radius 1 is 0.697 bits per heavy atom. The summed E-state index contributed by atoms with van der Waals surface area (Å²) < 4.78 is 18.7. The number of rotatable bonds is 10. The molecule has 0 spiro atoms. The van der Waals surface area contributed by atoms with E-state index >= 15 is 0 Å². The number of benzene rings is 3. The smallest absolute Gasteiger partial charge is 0.331 e. The van der Waals surface area contributed by atoms with Gasteiger partial charge in [0.15, 0.2) is 0 Å². The Kier molecular flexibility index (Phi) is 8.04. The minimum Gasteiger partial charge on any atom is -0.478 e. The second kappa shape index (κ2) is 11.6. The van der Waals surface area contributed by atoms with E-state index in [2.05, 4.69) is 0 Å². The lowest BCUT2D eigenvalue weighted by molar-refractivity contribution is -0.148. The van der Waals surface area contributed by atoms with Crippen molar-refractivity contribution in [3.05, 3.63) is 119 Å². The minimum absolute atomic E-state index is 0.257. The number of ether oxygens (including phenoxy) is 3. The lowest BCUT2D eigenvalue weighted by Crippen LogP contribution is -2.45. The van der Waals surface area contributed by atoms with Crippen LogP contribution in [0.4, 0.5) is 0 Å². The van der Waals surface area contributed by atoms with Gasteiger partial charge in [0.1, 0.15) is 12.2 Å². The molecule has 0 bridgehead atoms. The van der Waals surface area contributed by atoms with Gasteiger partial charge in [-0.15, -0.1) is 0 Å². The molecule has 0 amide bonds. The average molecular weight is 445 g/mol. The summed E-state index contributed by atoms with van der Waals surface area (Å²) in [6.07, 6.45) is 0.483. The summed E-state index contributed by atoms with van der Waals surface area (Å²) in [6, 6.07) is 29.5. The summed E-state index contributed by atoms with van der Waals surface area (Å²) in [5.74, 6) is -0.960. The van der Waals surface area contributed by atoms with Crippen LogP contribution in [-0.2, 0) is 38.8 Å². The SMILES string of the molecule is O=C(O)C1=C[C@@H](OCc2ccccc2)[C@@H](OCc2ccccc2)[C@H](OCc2ccccc2)C1. The molecule has 170 valence electrons. The van der Waals surface area contributed by atoms with Gasteiger partial charge in [-0.1, -0.05) is 91.0 Å². The molecule has 0 radical (unpaired) electrons. The van der Waals surface area contributed by atoms with E-state index in [1.54, 1.807) is 6.08 Å². The monoisotopic (exact) mass is 444 g/mol. The molecule has 5 nitrogen and oxygen atoms in total. The topological polar surface area (TPSA) is 65.0 Å². The third kappa shape index (κ3) is 6.62. The Morgan fingerprint density at radius 2 is 1.15 bits per heavy atom. The van der Waals surface area contributed by atoms with Gasteiger partial charge in [-0.25, -0.2) is 4.79 Å². The first-order valence-corrected chi connectivity index (χ1v) is 11.1. The molecule has 0 saturated heterocycles. The second-order valence-electron chi connectivity index (χ2n) is 8.06. The molecular formula is C28H28O5. The van der Waals surface area contributed by atoms with E-state index in [4.69, 9.17) is 14.2 Å². The molecule has 0 fully saturated rings. The van der Waals surface area contributed by atoms with Crippen LogP contribution in [0, 0.1) is 0 Å². The highest BCUT2D eigenvalue weighted by atomic mass is 16.6. The number of carboxylic acid groups (broad SMARTS) is 1. The fraction of sp³-hybridized carbons (Fsp3) is 0.250. The number of hydrogen-bond donors (Lipinski definition) is 1. The molecule has 3 aromatic rings. The average Bonchev–Trinajstić information content (AvgIpc) is 2.87. The largest absolute Gasteiger partial charge is 0.478 e. The maximum absolute atomic E-state index is 11.9. The standard InChI is InChI=1S/C28H28O5/c29-28(30)24-16-25(31-18-21-10-4-1-5-11-21)27(33-20-23-14-8-3-9-15-23)26(17-24)32-19-22-12-6-2-7-13-22/h1-16,25-27H,17-20H2,(H,29,30)/t25-,26-,27-/m1/s1. The van der Waals surface area contributed by atoms with Gasteiger partial charge >= 0.3 is 5.97 Å². The van der Waals surface area contributed by atoms with Crippen LogP contribution in [0.2, 0.25) is 0 Å². The Labute approximate surface area is 194 Å². The van der Waals surface area contributed by atoms with Crippen molar-refractivity contribution >= 4 is 5.97 Å². The van der Waals surface area contributed by atoms with E-state index in [1.165, 1.54) is 0 Å². The van der Waals surface area contributed by atoms with Gasteiger partial charge in [-0.3, -0.25) is 0 Å². The van der Waals surface area contributed by atoms with Crippen LogP contribution in [0.15, 0.2) is 103 Å². The Morgan fingerprint density at radius 3 is 1.64 bits per heavy atom. The Balaban J connectivity index is 1.54. The molecule has 3 atom stereocenters. The zero-order chi connectivity index (χ0) is 22.9. The van der Waals surface area contributed by atoms with Crippen LogP contribution in [0.3, 0.4) is 0 Å². The first kappa shape index (κ1) is 22.9. The second-order valence-corrected chi connectivity index (χ2v) is 8.06. The highest BCUT2D eigenvalue weighted by Crippen LogP contribution is 2.29. The number of hydrogen-bond acceptors (Lipinski definition) is 4. The highest BCUT2D eigenvalue weighted by Gasteiger charge is 2.37. The van der Waals surface area contributed by atoms with Crippen molar-refractivity contribution in [1.82, 2.24) is 0 Å². The fourth-order valence-electron chi connectivity index (χ4n) is 3.87. The minimum atomic E-state index is -0.960. The van der Waals surface area contributed by atoms with Gasteiger partial charge in [0.05, 0.1) is 25.9 Å². The number of aliphatic carboxylic acids is 1. The molecule has 3 aromatic carbocycles. The van der Waals surface area contributed by atoms with E-state index in [9.17, 15) is 9.90 Å². The number of carboxylic acids is 1. The van der Waals surface area contributed by atoms with E-state index in [-0.39, 0.29) is 12.0 Å². The van der Waals surface area contributed by atoms with Gasteiger partial charge in [-0.05, 0) is 22.8 Å². The first-order chi connectivity index (χ1) is 16.2.